The molecular formula is C21H29N3O3. The van der Waals surface area contributed by atoms with Gasteiger partial charge in [-0.25, -0.2) is 0 Å². The van der Waals surface area contributed by atoms with Crippen molar-refractivity contribution in [1.82, 2.24) is 14.7 Å². The average Bonchev–Trinajstić information content (AvgIpc) is 2.98. The van der Waals surface area contributed by atoms with Gasteiger partial charge < -0.3 is 14.5 Å². The standard InChI is InChI=1S/C21H29N3O3/c25-20(16-22-13-14-27-19-8-2-1-5-18(19)15-22)23-9-4-10-24(12-11-23)21(26)17-6-3-7-17/h1-2,5,8,17H,3-4,6-7,9-16H2. The molecular weight excluding hydrogens is 342 g/mol. The molecule has 1 aliphatic carbocycles. The van der Waals surface area contributed by atoms with E-state index in [-0.39, 0.29) is 11.8 Å². The van der Waals surface area contributed by atoms with Crippen LogP contribution in [0, 0.1) is 5.92 Å². The molecule has 6 heteroatoms. The van der Waals surface area contributed by atoms with Gasteiger partial charge in [-0.15, -0.1) is 0 Å². The van der Waals surface area contributed by atoms with Crippen LogP contribution in [0.1, 0.15) is 31.2 Å². The molecule has 4 rings (SSSR count). The SMILES string of the molecule is O=C(CN1CCOc2ccccc2C1)N1CCCN(C(=O)C2CCC2)CC1. The van der Waals surface area contributed by atoms with E-state index < -0.39 is 0 Å². The third-order valence-electron chi connectivity index (χ3n) is 6.01. The van der Waals surface area contributed by atoms with Gasteiger partial charge in [0.25, 0.3) is 0 Å². The number of carbonyl (C=O) groups is 2. The topological polar surface area (TPSA) is 53.1 Å². The van der Waals surface area contributed by atoms with E-state index in [9.17, 15) is 9.59 Å². The summed E-state index contributed by atoms with van der Waals surface area (Å²) in [4.78, 5) is 31.4. The Balaban J connectivity index is 1.31. The predicted molar refractivity (Wildman–Crippen MR) is 102 cm³/mol. The molecule has 2 aliphatic heterocycles. The fourth-order valence-corrected chi connectivity index (χ4v) is 4.11. The Bertz CT molecular complexity index is 689. The lowest BCUT2D eigenvalue weighted by atomic mass is 9.84. The Hall–Kier alpha value is -2.08. The fourth-order valence-electron chi connectivity index (χ4n) is 4.11. The maximum absolute atomic E-state index is 12.9. The molecule has 6 nitrogen and oxygen atoms in total. The molecule has 27 heavy (non-hydrogen) atoms. The summed E-state index contributed by atoms with van der Waals surface area (Å²) >= 11 is 0. The molecule has 0 aromatic heterocycles. The number of hydrogen-bond acceptors (Lipinski definition) is 4. The Labute approximate surface area is 161 Å². The van der Waals surface area contributed by atoms with Crippen molar-refractivity contribution >= 4 is 11.8 Å². The quantitative estimate of drug-likeness (QED) is 0.812. The second-order valence-corrected chi connectivity index (χ2v) is 7.85. The first-order valence-electron chi connectivity index (χ1n) is 10.2. The molecule has 1 saturated heterocycles. The number of benzene rings is 1. The third-order valence-corrected chi connectivity index (χ3v) is 6.01. The molecule has 0 radical (unpaired) electrons. The minimum atomic E-state index is 0.160. The van der Waals surface area contributed by atoms with Gasteiger partial charge in [-0.1, -0.05) is 24.6 Å². The predicted octanol–water partition coefficient (Wildman–Crippen LogP) is 1.74. The number of ether oxygens (including phenoxy) is 1. The fraction of sp³-hybridized carbons (Fsp3) is 0.619. The van der Waals surface area contributed by atoms with Gasteiger partial charge in [0.2, 0.25) is 11.8 Å². The van der Waals surface area contributed by atoms with Crippen LogP contribution in [0.15, 0.2) is 24.3 Å². The van der Waals surface area contributed by atoms with E-state index in [2.05, 4.69) is 11.0 Å². The largest absolute Gasteiger partial charge is 0.492 e. The molecule has 0 spiro atoms. The van der Waals surface area contributed by atoms with Gasteiger partial charge in [-0.05, 0) is 25.3 Å². The Morgan fingerprint density at radius 2 is 1.74 bits per heavy atom. The van der Waals surface area contributed by atoms with Gasteiger partial charge in [0.15, 0.2) is 0 Å². The Morgan fingerprint density at radius 3 is 2.56 bits per heavy atom. The van der Waals surface area contributed by atoms with Crippen LogP contribution >= 0.6 is 0 Å². The van der Waals surface area contributed by atoms with E-state index in [0.29, 0.717) is 32.1 Å². The van der Waals surface area contributed by atoms with Crippen molar-refractivity contribution in [3.63, 3.8) is 0 Å². The summed E-state index contributed by atoms with van der Waals surface area (Å²) in [6, 6.07) is 8.04. The highest BCUT2D eigenvalue weighted by Crippen LogP contribution is 2.28. The lowest BCUT2D eigenvalue weighted by Gasteiger charge is -2.31. The molecule has 1 saturated carbocycles. The molecule has 2 fully saturated rings. The number of hydrogen-bond donors (Lipinski definition) is 0. The monoisotopic (exact) mass is 371 g/mol. The van der Waals surface area contributed by atoms with Crippen LogP contribution in [0.2, 0.25) is 0 Å². The van der Waals surface area contributed by atoms with Crippen LogP contribution in [-0.4, -0.2) is 72.4 Å². The van der Waals surface area contributed by atoms with Crippen LogP contribution in [0.4, 0.5) is 0 Å². The number of rotatable bonds is 3. The van der Waals surface area contributed by atoms with Crippen LogP contribution in [0.5, 0.6) is 5.75 Å². The number of para-hydroxylation sites is 1. The number of fused-ring (bicyclic) bond motifs is 1. The smallest absolute Gasteiger partial charge is 0.236 e. The van der Waals surface area contributed by atoms with Gasteiger partial charge in [0.05, 0.1) is 6.54 Å². The molecule has 0 bridgehead atoms. The second kappa shape index (κ2) is 8.30. The number of amides is 2. The van der Waals surface area contributed by atoms with Crippen molar-refractivity contribution in [3.8, 4) is 5.75 Å². The Kier molecular flexibility index (Phi) is 5.62. The Morgan fingerprint density at radius 1 is 0.963 bits per heavy atom. The first-order valence-corrected chi connectivity index (χ1v) is 10.2. The first kappa shape index (κ1) is 18.3. The van der Waals surface area contributed by atoms with E-state index in [1.807, 2.05) is 28.0 Å². The normalized spacial score (nSPS) is 21.5. The van der Waals surface area contributed by atoms with E-state index >= 15 is 0 Å². The highest BCUT2D eigenvalue weighted by molar-refractivity contribution is 5.80. The zero-order valence-electron chi connectivity index (χ0n) is 15.9. The van der Waals surface area contributed by atoms with Crippen molar-refractivity contribution in [3.05, 3.63) is 29.8 Å². The van der Waals surface area contributed by atoms with E-state index in [4.69, 9.17) is 4.74 Å². The first-order chi connectivity index (χ1) is 13.2. The summed E-state index contributed by atoms with van der Waals surface area (Å²) in [6.07, 6.45) is 4.13. The summed E-state index contributed by atoms with van der Waals surface area (Å²) in [5.41, 5.74) is 1.14. The van der Waals surface area contributed by atoms with Crippen molar-refractivity contribution in [2.75, 3.05) is 45.9 Å². The number of carbonyl (C=O) groups excluding carboxylic acids is 2. The van der Waals surface area contributed by atoms with E-state index in [1.54, 1.807) is 0 Å². The molecule has 2 heterocycles. The van der Waals surface area contributed by atoms with Gasteiger partial charge in [0, 0.05) is 50.7 Å². The van der Waals surface area contributed by atoms with Gasteiger partial charge in [0.1, 0.15) is 12.4 Å². The van der Waals surface area contributed by atoms with E-state index in [1.165, 1.54) is 6.42 Å². The molecule has 1 aromatic rings. The second-order valence-electron chi connectivity index (χ2n) is 7.85. The lowest BCUT2D eigenvalue weighted by molar-refractivity contribution is -0.139. The average molecular weight is 371 g/mol. The molecule has 0 N–H and O–H groups in total. The highest BCUT2D eigenvalue weighted by atomic mass is 16.5. The summed E-state index contributed by atoms with van der Waals surface area (Å²) in [5, 5.41) is 0. The lowest BCUT2D eigenvalue weighted by Crippen LogP contribution is -2.44. The summed E-state index contributed by atoms with van der Waals surface area (Å²) in [5.74, 6) is 1.63. The molecule has 146 valence electrons. The maximum Gasteiger partial charge on any atom is 0.236 e. The molecule has 0 unspecified atom stereocenters. The molecule has 2 amide bonds. The summed E-state index contributed by atoms with van der Waals surface area (Å²) in [6.45, 7) is 5.36. The van der Waals surface area contributed by atoms with Crippen LogP contribution in [0.25, 0.3) is 0 Å². The van der Waals surface area contributed by atoms with Crippen molar-refractivity contribution in [1.29, 1.82) is 0 Å². The minimum absolute atomic E-state index is 0.160. The number of nitrogens with zero attached hydrogens (tertiary/aromatic N) is 3. The highest BCUT2D eigenvalue weighted by Gasteiger charge is 2.31. The summed E-state index contributed by atoms with van der Waals surface area (Å²) < 4.78 is 5.79. The van der Waals surface area contributed by atoms with Gasteiger partial charge in [-0.2, -0.15) is 0 Å². The summed E-state index contributed by atoms with van der Waals surface area (Å²) in [7, 11) is 0. The van der Waals surface area contributed by atoms with Crippen LogP contribution in [0.3, 0.4) is 0 Å². The third kappa shape index (κ3) is 4.26. The zero-order valence-corrected chi connectivity index (χ0v) is 15.9. The van der Waals surface area contributed by atoms with Crippen LogP contribution < -0.4 is 4.74 Å². The maximum atomic E-state index is 12.9. The van der Waals surface area contributed by atoms with Crippen molar-refractivity contribution < 1.29 is 14.3 Å². The van der Waals surface area contributed by atoms with Gasteiger partial charge >= 0.3 is 0 Å². The van der Waals surface area contributed by atoms with Crippen molar-refractivity contribution in [2.24, 2.45) is 5.92 Å². The molecule has 1 aromatic carbocycles. The van der Waals surface area contributed by atoms with Gasteiger partial charge in [-0.3, -0.25) is 14.5 Å². The van der Waals surface area contributed by atoms with Crippen molar-refractivity contribution in [2.45, 2.75) is 32.2 Å². The zero-order chi connectivity index (χ0) is 18.6. The molecule has 3 aliphatic rings. The van der Waals surface area contributed by atoms with Crippen LogP contribution in [-0.2, 0) is 16.1 Å². The minimum Gasteiger partial charge on any atom is -0.492 e. The van der Waals surface area contributed by atoms with E-state index in [0.717, 1.165) is 56.8 Å². The molecule has 0 atom stereocenters.